The fourth-order valence-electron chi connectivity index (χ4n) is 4.04. The van der Waals surface area contributed by atoms with Gasteiger partial charge in [-0.05, 0) is 36.0 Å². The zero-order valence-electron chi connectivity index (χ0n) is 15.6. The molecule has 1 saturated heterocycles. The van der Waals surface area contributed by atoms with E-state index in [1.165, 1.54) is 16.7 Å². The molecule has 5 nitrogen and oxygen atoms in total. The van der Waals surface area contributed by atoms with Crippen molar-refractivity contribution in [2.24, 2.45) is 0 Å². The van der Waals surface area contributed by atoms with Gasteiger partial charge < -0.3 is 9.47 Å². The number of benzene rings is 2. The van der Waals surface area contributed by atoms with Crippen molar-refractivity contribution in [1.29, 1.82) is 0 Å². The monoisotopic (exact) mass is 374 g/mol. The maximum absolute atomic E-state index is 12.5. The van der Waals surface area contributed by atoms with Crippen LogP contribution in [-0.4, -0.2) is 28.9 Å². The summed E-state index contributed by atoms with van der Waals surface area (Å²) in [6.07, 6.45) is 2.97. The summed E-state index contributed by atoms with van der Waals surface area (Å²) in [6.45, 7) is 1.86. The molecule has 0 radical (unpaired) electrons. The van der Waals surface area contributed by atoms with E-state index in [0.717, 1.165) is 37.1 Å². The summed E-state index contributed by atoms with van der Waals surface area (Å²) in [5, 5.41) is 0. The molecule has 1 aromatic heterocycles. The molecule has 142 valence electrons. The Balaban J connectivity index is 1.48. The van der Waals surface area contributed by atoms with Gasteiger partial charge in [-0.15, -0.1) is 0 Å². The molecule has 0 aliphatic carbocycles. The SMILES string of the molecule is O=c1nc(OCC2CCCO2)cc2n1CCc1cc(-c3ccccc3)ccc1-2. The van der Waals surface area contributed by atoms with Crippen molar-refractivity contribution in [3.63, 3.8) is 0 Å². The summed E-state index contributed by atoms with van der Waals surface area (Å²) in [5.74, 6) is 0.381. The van der Waals surface area contributed by atoms with Crippen molar-refractivity contribution in [3.05, 3.63) is 70.6 Å². The van der Waals surface area contributed by atoms with Crippen LogP contribution in [0.2, 0.25) is 0 Å². The van der Waals surface area contributed by atoms with E-state index in [9.17, 15) is 4.79 Å². The Bertz CT molecular complexity index is 1050. The first-order valence-corrected chi connectivity index (χ1v) is 9.83. The molecule has 5 heteroatoms. The lowest BCUT2D eigenvalue weighted by atomic mass is 9.93. The van der Waals surface area contributed by atoms with Crippen molar-refractivity contribution in [3.8, 4) is 28.3 Å². The summed E-state index contributed by atoms with van der Waals surface area (Å²) >= 11 is 0. The predicted octanol–water partition coefficient (Wildman–Crippen LogP) is 3.69. The molecular formula is C23H22N2O3. The fraction of sp³-hybridized carbons (Fsp3) is 0.304. The van der Waals surface area contributed by atoms with Crippen LogP contribution in [0.1, 0.15) is 18.4 Å². The molecule has 2 aliphatic heterocycles. The third-order valence-electron chi connectivity index (χ3n) is 5.52. The van der Waals surface area contributed by atoms with Crippen molar-refractivity contribution >= 4 is 0 Å². The number of hydrogen-bond donors (Lipinski definition) is 0. The molecule has 1 unspecified atom stereocenters. The first kappa shape index (κ1) is 17.2. The van der Waals surface area contributed by atoms with Gasteiger partial charge in [0.05, 0.1) is 11.8 Å². The van der Waals surface area contributed by atoms with Gasteiger partial charge >= 0.3 is 5.69 Å². The minimum absolute atomic E-state index is 0.0984. The minimum Gasteiger partial charge on any atom is -0.475 e. The van der Waals surface area contributed by atoms with E-state index in [1.54, 1.807) is 4.57 Å². The first-order valence-electron chi connectivity index (χ1n) is 9.83. The number of ether oxygens (including phenoxy) is 2. The van der Waals surface area contributed by atoms with Crippen LogP contribution in [0, 0.1) is 0 Å². The standard InChI is InChI=1S/C23H22N2O3/c26-23-24-22(28-15-19-7-4-12-27-19)14-21-20-9-8-17(16-5-2-1-3-6-16)13-18(20)10-11-25(21)23/h1-3,5-6,8-9,13-14,19H,4,7,10-12,15H2. The highest BCUT2D eigenvalue weighted by atomic mass is 16.5. The lowest BCUT2D eigenvalue weighted by Gasteiger charge is -2.22. The van der Waals surface area contributed by atoms with Gasteiger partial charge in [0.2, 0.25) is 5.88 Å². The molecule has 3 heterocycles. The van der Waals surface area contributed by atoms with Gasteiger partial charge in [0, 0.05) is 24.8 Å². The Morgan fingerprint density at radius 3 is 2.82 bits per heavy atom. The maximum atomic E-state index is 12.5. The normalized spacial score (nSPS) is 17.8. The number of fused-ring (bicyclic) bond motifs is 3. The molecule has 0 amide bonds. The van der Waals surface area contributed by atoms with Crippen LogP contribution < -0.4 is 10.4 Å². The molecule has 2 aliphatic rings. The van der Waals surface area contributed by atoms with Crippen molar-refractivity contribution in [2.45, 2.75) is 31.9 Å². The average Bonchev–Trinajstić information content (AvgIpc) is 3.26. The van der Waals surface area contributed by atoms with E-state index in [4.69, 9.17) is 9.47 Å². The Morgan fingerprint density at radius 1 is 1.11 bits per heavy atom. The summed E-state index contributed by atoms with van der Waals surface area (Å²) in [5.41, 5.74) is 5.34. The third-order valence-corrected chi connectivity index (χ3v) is 5.52. The smallest absolute Gasteiger partial charge is 0.351 e. The second kappa shape index (κ2) is 7.24. The molecule has 5 rings (SSSR count). The van der Waals surface area contributed by atoms with E-state index in [2.05, 4.69) is 35.3 Å². The quantitative estimate of drug-likeness (QED) is 0.699. The topological polar surface area (TPSA) is 53.4 Å². The Labute approximate surface area is 163 Å². The number of rotatable bonds is 4. The van der Waals surface area contributed by atoms with Crippen molar-refractivity contribution < 1.29 is 9.47 Å². The van der Waals surface area contributed by atoms with Crippen LogP contribution in [0.15, 0.2) is 59.4 Å². The molecule has 28 heavy (non-hydrogen) atoms. The van der Waals surface area contributed by atoms with Crippen LogP contribution in [0.3, 0.4) is 0 Å². The summed E-state index contributed by atoms with van der Waals surface area (Å²) in [4.78, 5) is 16.6. The van der Waals surface area contributed by atoms with Crippen LogP contribution in [0.5, 0.6) is 5.88 Å². The molecule has 0 N–H and O–H groups in total. The third kappa shape index (κ3) is 3.22. The van der Waals surface area contributed by atoms with E-state index < -0.39 is 0 Å². The molecular weight excluding hydrogens is 352 g/mol. The number of aromatic nitrogens is 2. The van der Waals surface area contributed by atoms with Gasteiger partial charge in [0.25, 0.3) is 0 Å². The zero-order valence-corrected chi connectivity index (χ0v) is 15.6. The molecule has 1 fully saturated rings. The van der Waals surface area contributed by atoms with Gasteiger partial charge in [-0.3, -0.25) is 4.57 Å². The molecule has 2 aromatic carbocycles. The maximum Gasteiger partial charge on any atom is 0.351 e. The van der Waals surface area contributed by atoms with Crippen LogP contribution >= 0.6 is 0 Å². The summed E-state index contributed by atoms with van der Waals surface area (Å²) in [6, 6.07) is 18.7. The lowest BCUT2D eigenvalue weighted by Crippen LogP contribution is -2.29. The summed E-state index contributed by atoms with van der Waals surface area (Å²) < 4.78 is 13.1. The van der Waals surface area contributed by atoms with E-state index in [1.807, 2.05) is 24.3 Å². The van der Waals surface area contributed by atoms with Crippen LogP contribution in [-0.2, 0) is 17.7 Å². The molecule has 0 spiro atoms. The summed E-state index contributed by atoms with van der Waals surface area (Å²) in [7, 11) is 0. The van der Waals surface area contributed by atoms with E-state index in [-0.39, 0.29) is 11.8 Å². The largest absolute Gasteiger partial charge is 0.475 e. The van der Waals surface area contributed by atoms with Gasteiger partial charge in [-0.2, -0.15) is 4.98 Å². The number of nitrogens with zero attached hydrogens (tertiary/aromatic N) is 2. The lowest BCUT2D eigenvalue weighted by molar-refractivity contribution is 0.0661. The minimum atomic E-state index is -0.252. The van der Waals surface area contributed by atoms with Crippen LogP contribution in [0.4, 0.5) is 0 Å². The Hall–Kier alpha value is -2.92. The highest BCUT2D eigenvalue weighted by Crippen LogP contribution is 2.33. The zero-order chi connectivity index (χ0) is 18.9. The second-order valence-electron chi connectivity index (χ2n) is 7.35. The van der Waals surface area contributed by atoms with E-state index in [0.29, 0.717) is 19.0 Å². The number of hydrogen-bond acceptors (Lipinski definition) is 4. The predicted molar refractivity (Wildman–Crippen MR) is 108 cm³/mol. The molecule has 3 aromatic rings. The van der Waals surface area contributed by atoms with Gasteiger partial charge in [0.1, 0.15) is 6.61 Å². The van der Waals surface area contributed by atoms with Crippen LogP contribution in [0.25, 0.3) is 22.4 Å². The first-order chi connectivity index (χ1) is 13.8. The molecule has 1 atom stereocenters. The van der Waals surface area contributed by atoms with Gasteiger partial charge in [-0.1, -0.05) is 48.5 Å². The van der Waals surface area contributed by atoms with Gasteiger partial charge in [0.15, 0.2) is 0 Å². The average molecular weight is 374 g/mol. The Morgan fingerprint density at radius 2 is 2.00 bits per heavy atom. The Kier molecular flexibility index (Phi) is 4.45. The molecule has 0 saturated carbocycles. The number of aryl methyl sites for hydroxylation is 1. The highest BCUT2D eigenvalue weighted by molar-refractivity contribution is 5.73. The molecule has 0 bridgehead atoms. The highest BCUT2D eigenvalue weighted by Gasteiger charge is 2.21. The fourth-order valence-corrected chi connectivity index (χ4v) is 4.04. The van der Waals surface area contributed by atoms with E-state index >= 15 is 0 Å². The van der Waals surface area contributed by atoms with Crippen molar-refractivity contribution in [2.75, 3.05) is 13.2 Å². The second-order valence-corrected chi connectivity index (χ2v) is 7.35. The van der Waals surface area contributed by atoms with Gasteiger partial charge in [-0.25, -0.2) is 4.79 Å². The van der Waals surface area contributed by atoms with Crippen molar-refractivity contribution in [1.82, 2.24) is 9.55 Å².